The molecule has 0 spiro atoms. The minimum atomic E-state index is -2.80. The van der Waals surface area contributed by atoms with Crippen LogP contribution in [0.3, 0.4) is 0 Å². The minimum absolute atomic E-state index is 0. The van der Waals surface area contributed by atoms with Crippen molar-refractivity contribution in [3.05, 3.63) is 0 Å². The summed E-state index contributed by atoms with van der Waals surface area (Å²) in [6.45, 7) is 12.6. The molecule has 7 nitrogen and oxygen atoms in total. The standard InChI is InChI=1S/C18H37N5O2S.HI/c1-3-19-18(20-7-4-9-22-10-5-17(2)6-11-22)21-8-12-23-13-15-26(24,25)16-14-23;/h17H,3-16H2,1-2H3,(H2,19,20,21);1H. The predicted molar refractivity (Wildman–Crippen MR) is 124 cm³/mol. The molecular weight excluding hydrogens is 477 g/mol. The zero-order valence-electron chi connectivity index (χ0n) is 17.0. The van der Waals surface area contributed by atoms with Crippen LogP contribution in [0.5, 0.6) is 0 Å². The van der Waals surface area contributed by atoms with Crippen LogP contribution in [0.25, 0.3) is 0 Å². The number of piperidine rings is 1. The molecule has 2 aliphatic heterocycles. The van der Waals surface area contributed by atoms with Crippen LogP contribution in [-0.2, 0) is 9.84 Å². The maximum atomic E-state index is 11.5. The quantitative estimate of drug-likeness (QED) is 0.218. The Balaban J connectivity index is 0.00000364. The van der Waals surface area contributed by atoms with E-state index in [9.17, 15) is 8.42 Å². The van der Waals surface area contributed by atoms with Crippen LogP contribution in [0.15, 0.2) is 4.99 Å². The fourth-order valence-electron chi connectivity index (χ4n) is 3.42. The van der Waals surface area contributed by atoms with Gasteiger partial charge in [0.1, 0.15) is 0 Å². The van der Waals surface area contributed by atoms with E-state index in [4.69, 9.17) is 0 Å². The van der Waals surface area contributed by atoms with Crippen molar-refractivity contribution in [1.29, 1.82) is 0 Å². The number of sulfone groups is 1. The zero-order chi connectivity index (χ0) is 18.8. The SMILES string of the molecule is CCNC(=NCCCN1CCC(C)CC1)NCCN1CCS(=O)(=O)CC1.I. The summed E-state index contributed by atoms with van der Waals surface area (Å²) in [5, 5.41) is 6.66. The molecule has 0 unspecified atom stereocenters. The lowest BCUT2D eigenvalue weighted by atomic mass is 9.99. The van der Waals surface area contributed by atoms with Gasteiger partial charge in [-0.15, -0.1) is 24.0 Å². The van der Waals surface area contributed by atoms with Gasteiger partial charge in [0, 0.05) is 39.3 Å². The molecule has 2 fully saturated rings. The van der Waals surface area contributed by atoms with E-state index in [1.54, 1.807) is 0 Å². The van der Waals surface area contributed by atoms with E-state index in [2.05, 4.69) is 39.3 Å². The summed E-state index contributed by atoms with van der Waals surface area (Å²) in [6.07, 6.45) is 3.74. The van der Waals surface area contributed by atoms with Crippen molar-refractivity contribution in [1.82, 2.24) is 20.4 Å². The highest BCUT2D eigenvalue weighted by molar-refractivity contribution is 14.0. The van der Waals surface area contributed by atoms with E-state index in [1.807, 2.05) is 0 Å². The fraction of sp³-hybridized carbons (Fsp3) is 0.944. The van der Waals surface area contributed by atoms with Gasteiger partial charge in [0.25, 0.3) is 0 Å². The van der Waals surface area contributed by atoms with Crippen molar-refractivity contribution in [2.24, 2.45) is 10.9 Å². The lowest BCUT2D eigenvalue weighted by Crippen LogP contribution is -2.46. The van der Waals surface area contributed by atoms with E-state index in [0.29, 0.717) is 13.1 Å². The second-order valence-electron chi connectivity index (χ2n) is 7.56. The molecule has 0 aromatic carbocycles. The summed E-state index contributed by atoms with van der Waals surface area (Å²) in [6, 6.07) is 0. The van der Waals surface area contributed by atoms with Crippen LogP contribution < -0.4 is 10.6 Å². The molecule has 2 aliphatic rings. The number of nitrogens with zero attached hydrogens (tertiary/aromatic N) is 3. The lowest BCUT2D eigenvalue weighted by Gasteiger charge is -2.29. The number of hydrogen-bond donors (Lipinski definition) is 2. The van der Waals surface area contributed by atoms with E-state index in [-0.39, 0.29) is 35.5 Å². The first-order valence-electron chi connectivity index (χ1n) is 10.2. The topological polar surface area (TPSA) is 77.0 Å². The maximum absolute atomic E-state index is 11.5. The zero-order valence-corrected chi connectivity index (χ0v) is 20.1. The number of hydrogen-bond acceptors (Lipinski definition) is 5. The van der Waals surface area contributed by atoms with Gasteiger partial charge in [0.15, 0.2) is 15.8 Å². The fourth-order valence-corrected chi connectivity index (χ4v) is 4.70. The molecule has 27 heavy (non-hydrogen) atoms. The summed E-state index contributed by atoms with van der Waals surface area (Å²) in [4.78, 5) is 9.43. The summed E-state index contributed by atoms with van der Waals surface area (Å²) in [7, 11) is -2.80. The Labute approximate surface area is 182 Å². The van der Waals surface area contributed by atoms with Crippen LogP contribution in [0.4, 0.5) is 0 Å². The van der Waals surface area contributed by atoms with Crippen molar-refractivity contribution in [3.63, 3.8) is 0 Å². The highest BCUT2D eigenvalue weighted by Gasteiger charge is 2.21. The third-order valence-corrected chi connectivity index (χ3v) is 6.89. The normalized spacial score (nSPS) is 22.2. The van der Waals surface area contributed by atoms with E-state index in [0.717, 1.165) is 51.0 Å². The molecule has 0 amide bonds. The van der Waals surface area contributed by atoms with Crippen LogP contribution >= 0.6 is 24.0 Å². The average Bonchev–Trinajstić information content (AvgIpc) is 2.61. The average molecular weight is 516 g/mol. The van der Waals surface area contributed by atoms with E-state index < -0.39 is 9.84 Å². The lowest BCUT2D eigenvalue weighted by molar-refractivity contribution is 0.192. The second kappa shape index (κ2) is 13.2. The second-order valence-corrected chi connectivity index (χ2v) is 9.86. The van der Waals surface area contributed by atoms with Crippen molar-refractivity contribution in [2.75, 3.05) is 70.4 Å². The first-order chi connectivity index (χ1) is 12.5. The van der Waals surface area contributed by atoms with Gasteiger partial charge in [0.05, 0.1) is 11.5 Å². The summed E-state index contributed by atoms with van der Waals surface area (Å²) >= 11 is 0. The Morgan fingerprint density at radius 3 is 2.30 bits per heavy atom. The van der Waals surface area contributed by atoms with Crippen molar-refractivity contribution < 1.29 is 8.42 Å². The van der Waals surface area contributed by atoms with Gasteiger partial charge < -0.3 is 15.5 Å². The van der Waals surface area contributed by atoms with Gasteiger partial charge >= 0.3 is 0 Å². The van der Waals surface area contributed by atoms with Crippen LogP contribution in [0.2, 0.25) is 0 Å². The molecule has 0 radical (unpaired) electrons. The Kier molecular flexibility index (Phi) is 12.1. The maximum Gasteiger partial charge on any atom is 0.191 e. The van der Waals surface area contributed by atoms with Crippen LogP contribution in [-0.4, -0.2) is 94.6 Å². The smallest absolute Gasteiger partial charge is 0.191 e. The molecule has 0 saturated carbocycles. The van der Waals surface area contributed by atoms with Gasteiger partial charge in [0.2, 0.25) is 0 Å². The number of aliphatic imine (C=N–C) groups is 1. The third kappa shape index (κ3) is 10.3. The van der Waals surface area contributed by atoms with Gasteiger partial charge in [-0.1, -0.05) is 6.92 Å². The monoisotopic (exact) mass is 515 g/mol. The largest absolute Gasteiger partial charge is 0.357 e. The van der Waals surface area contributed by atoms with Crippen molar-refractivity contribution in [3.8, 4) is 0 Å². The Bertz CT molecular complexity index is 522. The first kappa shape index (κ1) is 24.9. The Morgan fingerprint density at radius 2 is 1.67 bits per heavy atom. The molecule has 2 heterocycles. The Morgan fingerprint density at radius 1 is 1.04 bits per heavy atom. The van der Waals surface area contributed by atoms with Gasteiger partial charge in [-0.2, -0.15) is 0 Å². The molecule has 2 saturated heterocycles. The van der Waals surface area contributed by atoms with Crippen LogP contribution in [0, 0.1) is 5.92 Å². The number of guanidine groups is 1. The molecular formula is C18H38IN5O2S. The van der Waals surface area contributed by atoms with Gasteiger partial charge in [-0.25, -0.2) is 8.42 Å². The summed E-state index contributed by atoms with van der Waals surface area (Å²) in [5.41, 5.74) is 0. The van der Waals surface area contributed by atoms with E-state index in [1.165, 1.54) is 25.9 Å². The van der Waals surface area contributed by atoms with Crippen molar-refractivity contribution in [2.45, 2.75) is 33.1 Å². The van der Waals surface area contributed by atoms with E-state index >= 15 is 0 Å². The van der Waals surface area contributed by atoms with Gasteiger partial charge in [-0.05, 0) is 51.7 Å². The Hall–Kier alpha value is -0.130. The molecule has 9 heteroatoms. The molecule has 0 aromatic rings. The number of halogens is 1. The molecule has 160 valence electrons. The highest BCUT2D eigenvalue weighted by Crippen LogP contribution is 2.15. The van der Waals surface area contributed by atoms with Crippen molar-refractivity contribution >= 4 is 39.8 Å². The molecule has 0 aliphatic carbocycles. The minimum Gasteiger partial charge on any atom is -0.357 e. The first-order valence-corrected chi connectivity index (χ1v) is 12.0. The molecule has 0 bridgehead atoms. The van der Waals surface area contributed by atoms with Gasteiger partial charge in [-0.3, -0.25) is 9.89 Å². The third-order valence-electron chi connectivity index (χ3n) is 5.28. The summed E-state index contributed by atoms with van der Waals surface area (Å²) in [5.74, 6) is 2.32. The molecule has 0 aromatic heterocycles. The molecule has 0 atom stereocenters. The number of rotatable bonds is 8. The highest BCUT2D eigenvalue weighted by atomic mass is 127. The predicted octanol–water partition coefficient (Wildman–Crippen LogP) is 1.01. The number of nitrogens with one attached hydrogen (secondary N) is 2. The molecule has 2 N–H and O–H groups in total. The summed E-state index contributed by atoms with van der Waals surface area (Å²) < 4.78 is 22.9. The molecule has 2 rings (SSSR count). The number of likely N-dealkylation sites (tertiary alicyclic amines) is 1. The van der Waals surface area contributed by atoms with Crippen LogP contribution in [0.1, 0.15) is 33.1 Å².